The van der Waals surface area contributed by atoms with Crippen LogP contribution in [-0.2, 0) is 20.6 Å². The van der Waals surface area contributed by atoms with Gasteiger partial charge in [0.05, 0.1) is 16.6 Å². The zero-order chi connectivity index (χ0) is 34.2. The number of hydrogen-bond acceptors (Lipinski definition) is 10. The van der Waals surface area contributed by atoms with Gasteiger partial charge in [-0.05, 0) is 61.6 Å². The van der Waals surface area contributed by atoms with E-state index < -0.39 is 41.9 Å². The van der Waals surface area contributed by atoms with Crippen LogP contribution in [0.2, 0.25) is 0 Å². The van der Waals surface area contributed by atoms with Gasteiger partial charge in [0.15, 0.2) is 18.0 Å². The number of aliphatic hydroxyl groups excluding tert-OH is 1. The summed E-state index contributed by atoms with van der Waals surface area (Å²) in [5.41, 5.74) is 6.84. The van der Waals surface area contributed by atoms with E-state index in [-0.39, 0.29) is 40.2 Å². The van der Waals surface area contributed by atoms with E-state index in [0.717, 1.165) is 11.1 Å². The molecule has 4 atom stereocenters. The highest BCUT2D eigenvalue weighted by Crippen LogP contribution is 2.38. The molecule has 248 valence electrons. The number of ketones is 1. The van der Waals surface area contributed by atoms with Gasteiger partial charge in [0.2, 0.25) is 6.29 Å². The Morgan fingerprint density at radius 2 is 1.74 bits per heavy atom. The van der Waals surface area contributed by atoms with Crippen LogP contribution in [0.25, 0.3) is 22.1 Å². The Morgan fingerprint density at radius 1 is 1.04 bits per heavy atom. The van der Waals surface area contributed by atoms with Gasteiger partial charge in [0.25, 0.3) is 0 Å². The van der Waals surface area contributed by atoms with Crippen molar-refractivity contribution in [2.24, 2.45) is 5.73 Å². The number of rotatable bonds is 9. The Kier molecular flexibility index (Phi) is 9.44. The van der Waals surface area contributed by atoms with E-state index in [4.69, 9.17) is 29.1 Å². The molecule has 0 bridgehead atoms. The third-order valence-electron chi connectivity index (χ3n) is 8.54. The first-order valence-corrected chi connectivity index (χ1v) is 15.2. The highest BCUT2D eigenvalue weighted by Gasteiger charge is 2.53. The van der Waals surface area contributed by atoms with Gasteiger partial charge in [0.1, 0.15) is 23.2 Å². The molecule has 0 radical (unpaired) electrons. The summed E-state index contributed by atoms with van der Waals surface area (Å²) >= 11 is 0. The minimum absolute atomic E-state index is 0.0253. The summed E-state index contributed by atoms with van der Waals surface area (Å²) in [6, 6.07) is 18.2. The fraction of sp³-hybridized carbons (Fsp3) is 0.361. The van der Waals surface area contributed by atoms with Crippen molar-refractivity contribution >= 4 is 22.8 Å². The summed E-state index contributed by atoms with van der Waals surface area (Å²) in [6.45, 7) is 9.19. The Morgan fingerprint density at radius 3 is 2.38 bits per heavy atom. The molecule has 47 heavy (non-hydrogen) atoms. The lowest BCUT2D eigenvalue weighted by Crippen LogP contribution is -2.65. The number of carbonyl (C=O) groups is 2. The highest BCUT2D eigenvalue weighted by atomic mass is 16.7. The molecule has 1 aromatic heterocycles. The van der Waals surface area contributed by atoms with Crippen LogP contribution in [0.15, 0.2) is 69.9 Å². The molecular formula is C36H39NO10. The van der Waals surface area contributed by atoms with E-state index in [1.165, 1.54) is 24.8 Å². The fourth-order valence-electron chi connectivity index (χ4n) is 5.95. The van der Waals surface area contributed by atoms with Crippen LogP contribution in [0.5, 0.6) is 11.5 Å². The predicted molar refractivity (Wildman–Crippen MR) is 174 cm³/mol. The number of carbonyl (C=O) groups excluding carboxylic acids is 2. The number of aryl methyl sites for hydroxylation is 1. The average Bonchev–Trinajstić information content (AvgIpc) is 3.02. The van der Waals surface area contributed by atoms with Gasteiger partial charge in [-0.15, -0.1) is 0 Å². The van der Waals surface area contributed by atoms with E-state index in [1.807, 2.05) is 18.2 Å². The number of fused-ring (bicyclic) bond motifs is 1. The number of methoxy groups -OCH3 is 1. The second-order valence-corrected chi connectivity index (χ2v) is 12.5. The minimum atomic E-state index is -1.50. The summed E-state index contributed by atoms with van der Waals surface area (Å²) in [6.07, 6.45) is -6.39. The molecule has 5 rings (SSSR count). The lowest BCUT2D eigenvalue weighted by atomic mass is 9.89. The van der Waals surface area contributed by atoms with Crippen LogP contribution in [0.4, 0.5) is 4.79 Å². The first kappa shape index (κ1) is 33.6. The average molecular weight is 646 g/mol. The molecule has 0 spiro atoms. The zero-order valence-corrected chi connectivity index (χ0v) is 27.1. The predicted octanol–water partition coefficient (Wildman–Crippen LogP) is 5.38. The monoisotopic (exact) mass is 645 g/mol. The van der Waals surface area contributed by atoms with Crippen molar-refractivity contribution in [2.75, 3.05) is 7.11 Å². The Bertz CT molecular complexity index is 1860. The number of aliphatic hydroxyl groups is 1. The largest absolute Gasteiger partial charge is 0.507 e. The standard InChI is InChI=1S/C36H39NO10/c1-18(2)20-10-12-21(13-11-20)22-8-7-9-23(16-22)26(38)17-25-28(39)24-14-15-27(19(3)30(24)45-33(25)41)44-34-29(40)31(46-35(37)42)32(43-6)36(4,5)47-34/h7-16,18,29,31-32,34,39-40H,17H2,1-6H3,(H2,37,42)/t29-,31+,32-,34-/m1/s1. The first-order chi connectivity index (χ1) is 22.2. The number of ether oxygens (including phenoxy) is 4. The first-order valence-electron chi connectivity index (χ1n) is 15.2. The summed E-state index contributed by atoms with van der Waals surface area (Å²) in [5, 5.41) is 22.3. The molecular weight excluding hydrogens is 606 g/mol. The van der Waals surface area contributed by atoms with E-state index in [2.05, 4.69) is 26.0 Å². The topological polar surface area (TPSA) is 168 Å². The summed E-state index contributed by atoms with van der Waals surface area (Å²) in [7, 11) is 1.38. The number of aromatic hydroxyl groups is 1. The second kappa shape index (κ2) is 13.2. The number of amides is 1. The van der Waals surface area contributed by atoms with Crippen LogP contribution in [0, 0.1) is 6.92 Å². The van der Waals surface area contributed by atoms with E-state index in [0.29, 0.717) is 17.0 Å². The van der Waals surface area contributed by atoms with Gasteiger partial charge in [-0.2, -0.15) is 0 Å². The minimum Gasteiger partial charge on any atom is -0.507 e. The number of hydrogen-bond donors (Lipinski definition) is 3. The maximum atomic E-state index is 13.3. The van der Waals surface area contributed by atoms with Crippen molar-refractivity contribution < 1.29 is 43.2 Å². The summed E-state index contributed by atoms with van der Waals surface area (Å²) in [4.78, 5) is 38.0. The molecule has 1 saturated heterocycles. The number of benzene rings is 3. The smallest absolute Gasteiger partial charge is 0.404 e. The van der Waals surface area contributed by atoms with Gasteiger partial charge < -0.3 is 39.3 Å². The van der Waals surface area contributed by atoms with Crippen molar-refractivity contribution in [3.8, 4) is 22.6 Å². The van der Waals surface area contributed by atoms with E-state index >= 15 is 0 Å². The normalized spacial score (nSPS) is 20.7. The van der Waals surface area contributed by atoms with Gasteiger partial charge in [-0.3, -0.25) is 4.79 Å². The Hall–Kier alpha value is -4.71. The zero-order valence-electron chi connectivity index (χ0n) is 27.1. The van der Waals surface area contributed by atoms with Crippen molar-refractivity contribution in [2.45, 2.75) is 77.2 Å². The molecule has 2 heterocycles. The Balaban J connectivity index is 1.40. The summed E-state index contributed by atoms with van der Waals surface area (Å²) in [5.74, 6) is -0.185. The molecule has 11 heteroatoms. The number of nitrogens with two attached hydrogens (primary N) is 1. The quantitative estimate of drug-likeness (QED) is 0.159. The molecule has 0 unspecified atom stereocenters. The van der Waals surface area contributed by atoms with Crippen molar-refractivity contribution in [3.63, 3.8) is 0 Å². The Labute approximate surface area is 271 Å². The van der Waals surface area contributed by atoms with Gasteiger partial charge in [-0.25, -0.2) is 9.59 Å². The molecule has 0 saturated carbocycles. The molecule has 0 aliphatic carbocycles. The third-order valence-corrected chi connectivity index (χ3v) is 8.54. The van der Waals surface area contributed by atoms with Gasteiger partial charge >= 0.3 is 11.7 Å². The molecule has 3 aromatic carbocycles. The third kappa shape index (κ3) is 6.73. The summed E-state index contributed by atoms with van der Waals surface area (Å²) < 4.78 is 28.1. The molecule has 1 aliphatic heterocycles. The molecule has 1 aliphatic rings. The molecule has 4 N–H and O–H groups in total. The number of Topliss-reactive ketones (excluding diaryl/α,β-unsaturated/α-hetero) is 1. The van der Waals surface area contributed by atoms with Crippen LogP contribution < -0.4 is 16.1 Å². The highest BCUT2D eigenvalue weighted by molar-refractivity contribution is 6.00. The van der Waals surface area contributed by atoms with Crippen molar-refractivity contribution in [1.29, 1.82) is 0 Å². The lowest BCUT2D eigenvalue weighted by molar-refractivity contribution is -0.304. The second-order valence-electron chi connectivity index (χ2n) is 12.5. The van der Waals surface area contributed by atoms with Crippen LogP contribution >= 0.6 is 0 Å². The fourth-order valence-corrected chi connectivity index (χ4v) is 5.95. The molecule has 1 fully saturated rings. The van der Waals surface area contributed by atoms with E-state index in [1.54, 1.807) is 39.0 Å². The number of primary amides is 1. The van der Waals surface area contributed by atoms with Gasteiger partial charge in [-0.1, -0.05) is 56.3 Å². The SMILES string of the molecule is CO[C@@H]1[C@@H](OC(N)=O)[C@@H](O)[C@H](Oc2ccc3c(O)c(CC(=O)c4cccc(-c5ccc(C(C)C)cc5)c4)c(=O)oc3c2C)OC1(C)C. The molecule has 4 aromatic rings. The maximum Gasteiger partial charge on any atom is 0.404 e. The molecule has 1 amide bonds. The van der Waals surface area contributed by atoms with Crippen molar-refractivity contribution in [3.05, 3.63) is 93.3 Å². The van der Waals surface area contributed by atoms with Crippen LogP contribution in [-0.4, -0.2) is 59.4 Å². The lowest BCUT2D eigenvalue weighted by Gasteiger charge is -2.47. The van der Waals surface area contributed by atoms with Crippen molar-refractivity contribution in [1.82, 2.24) is 0 Å². The van der Waals surface area contributed by atoms with E-state index in [9.17, 15) is 24.6 Å². The molecule has 11 nitrogen and oxygen atoms in total. The maximum absolute atomic E-state index is 13.3. The van der Waals surface area contributed by atoms with Gasteiger partial charge in [0, 0.05) is 24.7 Å². The van der Waals surface area contributed by atoms with Crippen LogP contribution in [0.3, 0.4) is 0 Å². The van der Waals surface area contributed by atoms with Crippen LogP contribution in [0.1, 0.15) is 60.7 Å².